The first kappa shape index (κ1) is 11.7. The Kier molecular flexibility index (Phi) is 4.25. The van der Waals surface area contributed by atoms with Gasteiger partial charge in [0.05, 0.1) is 12.3 Å². The summed E-state index contributed by atoms with van der Waals surface area (Å²) in [6.07, 6.45) is 2.45. The standard InChI is InChI=1S/C10H16N4O/c1-8(2)10(15)9-7-14(13-12-9)6-4-3-5-11/h7-8,10,15H,3-4,6H2,1-2H3. The molecule has 0 aliphatic heterocycles. The number of hydrogen-bond acceptors (Lipinski definition) is 4. The molecule has 0 aliphatic rings. The summed E-state index contributed by atoms with van der Waals surface area (Å²) in [5.41, 5.74) is 0.599. The minimum atomic E-state index is -0.560. The lowest BCUT2D eigenvalue weighted by atomic mass is 10.1. The summed E-state index contributed by atoms with van der Waals surface area (Å²) in [6.45, 7) is 4.53. The smallest absolute Gasteiger partial charge is 0.111 e. The fourth-order valence-corrected chi connectivity index (χ4v) is 1.22. The summed E-state index contributed by atoms with van der Waals surface area (Å²) in [4.78, 5) is 0. The van der Waals surface area contributed by atoms with E-state index in [1.165, 1.54) is 0 Å². The number of aryl methyl sites for hydroxylation is 1. The zero-order valence-electron chi connectivity index (χ0n) is 9.09. The average Bonchev–Trinajstić information content (AvgIpc) is 2.65. The fraction of sp³-hybridized carbons (Fsp3) is 0.700. The van der Waals surface area contributed by atoms with E-state index in [1.807, 2.05) is 13.8 Å². The quantitative estimate of drug-likeness (QED) is 0.739. The predicted octanol–water partition coefficient (Wildman–Crippen LogP) is 1.27. The lowest BCUT2D eigenvalue weighted by Gasteiger charge is -2.09. The number of hydrogen-bond donors (Lipinski definition) is 1. The van der Waals surface area contributed by atoms with Gasteiger partial charge in [-0.2, -0.15) is 5.26 Å². The lowest BCUT2D eigenvalue weighted by molar-refractivity contribution is 0.122. The summed E-state index contributed by atoms with van der Waals surface area (Å²) in [5, 5.41) is 25.9. The van der Waals surface area contributed by atoms with Crippen LogP contribution in [-0.2, 0) is 6.54 Å². The van der Waals surface area contributed by atoms with Gasteiger partial charge in [0.15, 0.2) is 0 Å². The highest BCUT2D eigenvalue weighted by Gasteiger charge is 2.15. The van der Waals surface area contributed by atoms with Crippen LogP contribution in [0.4, 0.5) is 0 Å². The Morgan fingerprint density at radius 2 is 2.33 bits per heavy atom. The Bertz CT molecular complexity index is 339. The van der Waals surface area contributed by atoms with Crippen molar-refractivity contribution in [3.63, 3.8) is 0 Å². The minimum absolute atomic E-state index is 0.134. The van der Waals surface area contributed by atoms with Gasteiger partial charge in [0.2, 0.25) is 0 Å². The van der Waals surface area contributed by atoms with Crippen LogP contribution in [0.25, 0.3) is 0 Å². The van der Waals surface area contributed by atoms with Gasteiger partial charge in [0.25, 0.3) is 0 Å². The molecule has 0 bridgehead atoms. The molecule has 1 heterocycles. The molecular formula is C10H16N4O. The molecule has 0 fully saturated rings. The van der Waals surface area contributed by atoms with Gasteiger partial charge in [0, 0.05) is 13.0 Å². The molecule has 82 valence electrons. The highest BCUT2D eigenvalue weighted by molar-refractivity contribution is 4.98. The SMILES string of the molecule is CC(C)C(O)c1cn(CCCC#N)nn1. The van der Waals surface area contributed by atoms with Gasteiger partial charge in [-0.05, 0) is 12.3 Å². The van der Waals surface area contributed by atoms with Crippen molar-refractivity contribution >= 4 is 0 Å². The molecule has 0 amide bonds. The Morgan fingerprint density at radius 1 is 1.60 bits per heavy atom. The second-order valence-corrected chi connectivity index (χ2v) is 3.86. The van der Waals surface area contributed by atoms with Gasteiger partial charge in [0.1, 0.15) is 11.8 Å². The third kappa shape index (κ3) is 3.33. The molecule has 1 atom stereocenters. The first-order valence-corrected chi connectivity index (χ1v) is 5.10. The van der Waals surface area contributed by atoms with Crippen LogP contribution in [0.15, 0.2) is 6.20 Å². The molecular weight excluding hydrogens is 192 g/mol. The molecule has 5 heteroatoms. The van der Waals surface area contributed by atoms with Crippen molar-refractivity contribution in [2.24, 2.45) is 5.92 Å². The van der Waals surface area contributed by atoms with Crippen LogP contribution in [-0.4, -0.2) is 20.1 Å². The van der Waals surface area contributed by atoms with E-state index in [2.05, 4.69) is 16.4 Å². The van der Waals surface area contributed by atoms with E-state index in [9.17, 15) is 5.11 Å². The van der Waals surface area contributed by atoms with Crippen molar-refractivity contribution in [1.29, 1.82) is 5.26 Å². The van der Waals surface area contributed by atoms with Gasteiger partial charge in [-0.15, -0.1) is 5.10 Å². The number of unbranched alkanes of at least 4 members (excludes halogenated alkanes) is 1. The van der Waals surface area contributed by atoms with Crippen molar-refractivity contribution in [3.8, 4) is 6.07 Å². The van der Waals surface area contributed by atoms with Crippen LogP contribution in [0.5, 0.6) is 0 Å². The molecule has 0 aliphatic carbocycles. The van der Waals surface area contributed by atoms with Gasteiger partial charge < -0.3 is 5.11 Å². The predicted molar refractivity (Wildman–Crippen MR) is 54.7 cm³/mol. The number of nitrogens with zero attached hydrogens (tertiary/aromatic N) is 4. The van der Waals surface area contributed by atoms with Crippen LogP contribution in [0, 0.1) is 17.2 Å². The van der Waals surface area contributed by atoms with E-state index >= 15 is 0 Å². The number of aliphatic hydroxyl groups is 1. The molecule has 0 saturated heterocycles. The van der Waals surface area contributed by atoms with E-state index in [1.54, 1.807) is 10.9 Å². The van der Waals surface area contributed by atoms with Gasteiger partial charge >= 0.3 is 0 Å². The molecule has 1 N–H and O–H groups in total. The summed E-state index contributed by atoms with van der Waals surface area (Å²) < 4.78 is 1.66. The molecule has 5 nitrogen and oxygen atoms in total. The van der Waals surface area contributed by atoms with E-state index in [-0.39, 0.29) is 5.92 Å². The van der Waals surface area contributed by atoms with Crippen LogP contribution in [0.1, 0.15) is 38.5 Å². The summed E-state index contributed by atoms with van der Waals surface area (Å²) >= 11 is 0. The molecule has 15 heavy (non-hydrogen) atoms. The van der Waals surface area contributed by atoms with Crippen molar-refractivity contribution in [3.05, 3.63) is 11.9 Å². The Morgan fingerprint density at radius 3 is 2.93 bits per heavy atom. The topological polar surface area (TPSA) is 74.7 Å². The second-order valence-electron chi connectivity index (χ2n) is 3.86. The van der Waals surface area contributed by atoms with Crippen LogP contribution in [0.2, 0.25) is 0 Å². The summed E-state index contributed by atoms with van der Waals surface area (Å²) in [5.74, 6) is 0.134. The Labute approximate surface area is 89.3 Å². The number of rotatable bonds is 5. The minimum Gasteiger partial charge on any atom is -0.386 e. The maximum atomic E-state index is 9.71. The molecule has 0 saturated carbocycles. The maximum absolute atomic E-state index is 9.71. The summed E-state index contributed by atoms with van der Waals surface area (Å²) in [7, 11) is 0. The Hall–Kier alpha value is -1.41. The molecule has 0 radical (unpaired) electrons. The monoisotopic (exact) mass is 208 g/mol. The van der Waals surface area contributed by atoms with E-state index in [4.69, 9.17) is 5.26 Å². The molecule has 0 aromatic carbocycles. The zero-order chi connectivity index (χ0) is 11.3. The third-order valence-electron chi connectivity index (χ3n) is 2.17. The molecule has 1 rings (SSSR count). The summed E-state index contributed by atoms with van der Waals surface area (Å²) in [6, 6.07) is 2.07. The van der Waals surface area contributed by atoms with E-state index < -0.39 is 6.10 Å². The zero-order valence-corrected chi connectivity index (χ0v) is 9.09. The normalized spacial score (nSPS) is 12.7. The van der Waals surface area contributed by atoms with Crippen LogP contribution >= 0.6 is 0 Å². The lowest BCUT2D eigenvalue weighted by Crippen LogP contribution is -2.05. The molecule has 0 spiro atoms. The van der Waals surface area contributed by atoms with Crippen LogP contribution in [0.3, 0.4) is 0 Å². The van der Waals surface area contributed by atoms with E-state index in [0.29, 0.717) is 18.7 Å². The average molecular weight is 208 g/mol. The van der Waals surface area contributed by atoms with Crippen LogP contribution < -0.4 is 0 Å². The first-order valence-electron chi connectivity index (χ1n) is 5.10. The molecule has 1 aromatic heterocycles. The van der Waals surface area contributed by atoms with Crippen molar-refractivity contribution in [2.45, 2.75) is 39.3 Å². The van der Waals surface area contributed by atoms with E-state index in [0.717, 1.165) is 6.42 Å². The number of aliphatic hydroxyl groups excluding tert-OH is 1. The van der Waals surface area contributed by atoms with Crippen molar-refractivity contribution in [2.75, 3.05) is 0 Å². The third-order valence-corrected chi connectivity index (χ3v) is 2.17. The van der Waals surface area contributed by atoms with Gasteiger partial charge in [-0.1, -0.05) is 19.1 Å². The fourth-order valence-electron chi connectivity index (χ4n) is 1.22. The highest BCUT2D eigenvalue weighted by atomic mass is 16.3. The van der Waals surface area contributed by atoms with Gasteiger partial charge in [-0.3, -0.25) is 4.68 Å². The van der Waals surface area contributed by atoms with Gasteiger partial charge in [-0.25, -0.2) is 0 Å². The largest absolute Gasteiger partial charge is 0.386 e. The number of nitriles is 1. The maximum Gasteiger partial charge on any atom is 0.111 e. The van der Waals surface area contributed by atoms with Crippen molar-refractivity contribution in [1.82, 2.24) is 15.0 Å². The molecule has 1 aromatic rings. The number of aromatic nitrogens is 3. The Balaban J connectivity index is 2.53. The second kappa shape index (κ2) is 5.47. The van der Waals surface area contributed by atoms with Crippen molar-refractivity contribution < 1.29 is 5.11 Å². The first-order chi connectivity index (χ1) is 7.15. The highest BCUT2D eigenvalue weighted by Crippen LogP contribution is 2.18. The molecule has 1 unspecified atom stereocenters.